The van der Waals surface area contributed by atoms with Crippen LogP contribution in [0.1, 0.15) is 0 Å². The lowest BCUT2D eigenvalue weighted by atomic mass is 9.96. The monoisotopic (exact) mass is 781 g/mol. The van der Waals surface area contributed by atoms with Crippen LogP contribution in [0.4, 0.5) is 17.1 Å². The molecule has 60 heavy (non-hydrogen) atoms. The predicted molar refractivity (Wildman–Crippen MR) is 259 cm³/mol. The molecule has 1 nitrogen and oxygen atoms in total. The highest BCUT2D eigenvalue weighted by Crippen LogP contribution is 2.46. The molecule has 0 bridgehead atoms. The van der Waals surface area contributed by atoms with Gasteiger partial charge >= 0.3 is 0 Å². The van der Waals surface area contributed by atoms with Crippen LogP contribution >= 0.6 is 11.3 Å². The van der Waals surface area contributed by atoms with Gasteiger partial charge in [0.2, 0.25) is 0 Å². The van der Waals surface area contributed by atoms with E-state index in [1.165, 1.54) is 86.6 Å². The van der Waals surface area contributed by atoms with Gasteiger partial charge in [-0.2, -0.15) is 0 Å². The van der Waals surface area contributed by atoms with Crippen LogP contribution < -0.4 is 4.90 Å². The molecule has 282 valence electrons. The van der Waals surface area contributed by atoms with Crippen molar-refractivity contribution >= 4 is 59.3 Å². The van der Waals surface area contributed by atoms with Gasteiger partial charge in [0.05, 0.1) is 5.69 Å². The van der Waals surface area contributed by atoms with Gasteiger partial charge in [0.25, 0.3) is 0 Å². The number of anilines is 3. The summed E-state index contributed by atoms with van der Waals surface area (Å²) < 4.78 is 2.61. The van der Waals surface area contributed by atoms with E-state index in [0.29, 0.717) is 0 Å². The Bertz CT molecular complexity index is 3290. The summed E-state index contributed by atoms with van der Waals surface area (Å²) in [6, 6.07) is 86.1. The first kappa shape index (κ1) is 35.6. The molecule has 0 amide bonds. The summed E-state index contributed by atoms with van der Waals surface area (Å²) in [4.78, 5) is 2.42. The lowest BCUT2D eigenvalue weighted by Gasteiger charge is -2.28. The molecule has 10 aromatic carbocycles. The summed E-state index contributed by atoms with van der Waals surface area (Å²) in [7, 11) is 0. The van der Waals surface area contributed by atoms with Crippen LogP contribution in [-0.2, 0) is 0 Å². The van der Waals surface area contributed by atoms with Gasteiger partial charge in [-0.15, -0.1) is 11.3 Å². The van der Waals surface area contributed by atoms with E-state index in [-0.39, 0.29) is 0 Å². The van der Waals surface area contributed by atoms with Crippen LogP contribution in [0.15, 0.2) is 237 Å². The van der Waals surface area contributed by atoms with Crippen molar-refractivity contribution < 1.29 is 0 Å². The van der Waals surface area contributed by atoms with Crippen molar-refractivity contribution in [1.82, 2.24) is 0 Å². The first-order valence-corrected chi connectivity index (χ1v) is 21.3. The summed E-state index contributed by atoms with van der Waals surface area (Å²) >= 11 is 1.86. The van der Waals surface area contributed by atoms with Crippen molar-refractivity contribution in [2.75, 3.05) is 4.90 Å². The van der Waals surface area contributed by atoms with Gasteiger partial charge in [0.15, 0.2) is 0 Å². The molecule has 2 heteroatoms. The Morgan fingerprint density at radius 1 is 0.283 bits per heavy atom. The van der Waals surface area contributed by atoms with E-state index in [1.807, 2.05) is 11.3 Å². The highest BCUT2D eigenvalue weighted by atomic mass is 32.1. The number of rotatable bonds is 8. The van der Waals surface area contributed by atoms with Crippen LogP contribution in [0.2, 0.25) is 0 Å². The van der Waals surface area contributed by atoms with E-state index in [9.17, 15) is 0 Å². The fourth-order valence-electron chi connectivity index (χ4n) is 8.66. The number of hydrogen-bond acceptors (Lipinski definition) is 2. The maximum atomic E-state index is 2.42. The molecule has 0 atom stereocenters. The van der Waals surface area contributed by atoms with E-state index < -0.39 is 0 Å². The summed E-state index contributed by atoms with van der Waals surface area (Å²) in [5, 5.41) is 5.11. The average Bonchev–Trinajstić information content (AvgIpc) is 3.72. The van der Waals surface area contributed by atoms with E-state index in [2.05, 4.69) is 241 Å². The van der Waals surface area contributed by atoms with Crippen LogP contribution in [0.5, 0.6) is 0 Å². The molecule has 11 aromatic rings. The molecule has 1 heterocycles. The Morgan fingerprint density at radius 3 is 1.48 bits per heavy atom. The van der Waals surface area contributed by atoms with Gasteiger partial charge in [-0.25, -0.2) is 0 Å². The summed E-state index contributed by atoms with van der Waals surface area (Å²) in [6.07, 6.45) is 0. The van der Waals surface area contributed by atoms with Gasteiger partial charge in [0, 0.05) is 37.1 Å². The molecule has 0 saturated carbocycles. The third kappa shape index (κ3) is 6.63. The fraction of sp³-hybridized carbons (Fsp3) is 0. The van der Waals surface area contributed by atoms with Crippen LogP contribution in [0.25, 0.3) is 86.6 Å². The van der Waals surface area contributed by atoms with Gasteiger partial charge in [-0.1, -0.05) is 182 Å². The number of hydrogen-bond donors (Lipinski definition) is 0. The second-order valence-electron chi connectivity index (χ2n) is 15.3. The first-order chi connectivity index (χ1) is 29.7. The number of thiophene rings is 1. The van der Waals surface area contributed by atoms with Crippen LogP contribution in [0.3, 0.4) is 0 Å². The van der Waals surface area contributed by atoms with E-state index in [1.54, 1.807) is 0 Å². The van der Waals surface area contributed by atoms with Crippen LogP contribution in [0, 0.1) is 0 Å². The lowest BCUT2D eigenvalue weighted by Crippen LogP contribution is -2.11. The molecule has 0 unspecified atom stereocenters. The smallest absolute Gasteiger partial charge is 0.0540 e. The zero-order valence-electron chi connectivity index (χ0n) is 32.9. The predicted octanol–water partition coefficient (Wildman–Crippen LogP) is 17.0. The van der Waals surface area contributed by atoms with Crippen molar-refractivity contribution in [2.24, 2.45) is 0 Å². The molecular formula is C58H39NS. The van der Waals surface area contributed by atoms with Crippen molar-refractivity contribution in [3.05, 3.63) is 237 Å². The third-order valence-electron chi connectivity index (χ3n) is 11.7. The summed E-state index contributed by atoms with van der Waals surface area (Å²) in [5.41, 5.74) is 15.4. The zero-order chi connectivity index (χ0) is 39.8. The second kappa shape index (κ2) is 15.3. The number of para-hydroxylation sites is 1. The maximum Gasteiger partial charge on any atom is 0.0540 e. The minimum atomic E-state index is 1.10. The highest BCUT2D eigenvalue weighted by Gasteiger charge is 2.20. The molecule has 0 aliphatic carbocycles. The van der Waals surface area contributed by atoms with Crippen LogP contribution in [-0.4, -0.2) is 0 Å². The lowest BCUT2D eigenvalue weighted by molar-refractivity contribution is 1.28. The Kier molecular flexibility index (Phi) is 9.11. The standard InChI is InChI=1S/C58H39NS/c1-2-12-40(13-3-1)42-24-26-43(27-25-42)44-30-34-50(35-31-44)59(55-21-8-6-18-52(55)53-20-11-23-57-58(53)54-19-7-9-22-56(54)60-57)51-36-32-45(33-37-51)47-16-10-17-48(38-47)49-29-28-41-14-4-5-15-46(41)39-49/h1-39H. The van der Waals surface area contributed by atoms with Gasteiger partial charge in [0.1, 0.15) is 0 Å². The molecule has 11 rings (SSSR count). The highest BCUT2D eigenvalue weighted by molar-refractivity contribution is 7.25. The molecular weight excluding hydrogens is 743 g/mol. The molecule has 0 saturated heterocycles. The Labute approximate surface area is 354 Å². The Morgan fingerprint density at radius 2 is 0.750 bits per heavy atom. The molecule has 0 aliphatic rings. The van der Waals surface area contributed by atoms with Gasteiger partial charge < -0.3 is 4.90 Å². The number of fused-ring (bicyclic) bond motifs is 4. The van der Waals surface area contributed by atoms with Gasteiger partial charge in [-0.3, -0.25) is 0 Å². The SMILES string of the molecule is c1ccc(-c2ccc(-c3ccc(N(c4ccc(-c5cccc(-c6ccc7ccccc7c6)c5)cc4)c4ccccc4-c4cccc5sc6ccccc6c45)cc3)cc2)cc1. The minimum Gasteiger partial charge on any atom is -0.310 e. The topological polar surface area (TPSA) is 3.24 Å². The van der Waals surface area contributed by atoms with E-state index in [4.69, 9.17) is 0 Å². The second-order valence-corrected chi connectivity index (χ2v) is 16.4. The van der Waals surface area contributed by atoms with Crippen molar-refractivity contribution in [2.45, 2.75) is 0 Å². The van der Waals surface area contributed by atoms with Gasteiger partial charge in [-0.05, 0) is 115 Å². The van der Waals surface area contributed by atoms with Crippen molar-refractivity contribution in [3.63, 3.8) is 0 Å². The van der Waals surface area contributed by atoms with Crippen molar-refractivity contribution in [1.29, 1.82) is 0 Å². The molecule has 0 fully saturated rings. The molecule has 1 aromatic heterocycles. The molecule has 0 spiro atoms. The minimum absolute atomic E-state index is 1.10. The normalized spacial score (nSPS) is 11.3. The molecule has 0 radical (unpaired) electrons. The maximum absolute atomic E-state index is 2.42. The number of nitrogens with zero attached hydrogens (tertiary/aromatic N) is 1. The quantitative estimate of drug-likeness (QED) is 0.148. The Balaban J connectivity index is 1.00. The summed E-state index contributed by atoms with van der Waals surface area (Å²) in [5.74, 6) is 0. The first-order valence-electron chi connectivity index (χ1n) is 20.5. The van der Waals surface area contributed by atoms with E-state index >= 15 is 0 Å². The Hall–Kier alpha value is -7.52. The largest absolute Gasteiger partial charge is 0.310 e. The summed E-state index contributed by atoms with van der Waals surface area (Å²) in [6.45, 7) is 0. The molecule has 0 N–H and O–H groups in total. The fourth-order valence-corrected chi connectivity index (χ4v) is 9.79. The average molecular weight is 782 g/mol. The molecule has 0 aliphatic heterocycles. The number of benzene rings is 10. The zero-order valence-corrected chi connectivity index (χ0v) is 33.7. The van der Waals surface area contributed by atoms with Crippen molar-refractivity contribution in [3.8, 4) is 55.6 Å². The third-order valence-corrected chi connectivity index (χ3v) is 12.8. The van der Waals surface area contributed by atoms with E-state index in [0.717, 1.165) is 17.1 Å².